The number of benzene rings is 3. The van der Waals surface area contributed by atoms with Crippen LogP contribution in [0.5, 0.6) is 23.0 Å². The molecule has 0 saturated heterocycles. The third-order valence-corrected chi connectivity index (χ3v) is 4.62. The molecule has 0 spiro atoms. The van der Waals surface area contributed by atoms with Gasteiger partial charge in [-0.05, 0) is 47.7 Å². The van der Waals surface area contributed by atoms with E-state index in [1.165, 1.54) is 5.56 Å². The molecule has 0 unspecified atom stereocenters. The molecule has 2 aliphatic rings. The maximum Gasteiger partial charge on any atom is 0.260 e. The van der Waals surface area contributed by atoms with Crippen LogP contribution in [-0.4, -0.2) is 6.71 Å². The monoisotopic (exact) mass is 299 g/mol. The largest absolute Gasteiger partial charge is 0.458 e. The second-order valence-electron chi connectivity index (χ2n) is 6.11. The van der Waals surface area contributed by atoms with E-state index in [4.69, 9.17) is 15.2 Å². The van der Waals surface area contributed by atoms with Crippen LogP contribution in [0.1, 0.15) is 5.56 Å². The quantitative estimate of drug-likeness (QED) is 0.352. The van der Waals surface area contributed by atoms with Crippen molar-refractivity contribution in [2.45, 2.75) is 6.92 Å². The highest BCUT2D eigenvalue weighted by molar-refractivity contribution is 6.98. The Bertz CT molecular complexity index is 968. The first kappa shape index (κ1) is 12.6. The van der Waals surface area contributed by atoms with E-state index in [0.717, 1.165) is 39.4 Å². The van der Waals surface area contributed by atoms with E-state index in [1.54, 1.807) is 0 Å². The molecule has 0 saturated carbocycles. The van der Waals surface area contributed by atoms with Gasteiger partial charge in [0.25, 0.3) is 6.71 Å². The molecular weight excluding hydrogens is 285 g/mol. The van der Waals surface area contributed by atoms with Gasteiger partial charge in [-0.3, -0.25) is 0 Å². The van der Waals surface area contributed by atoms with Crippen LogP contribution in [0.2, 0.25) is 0 Å². The van der Waals surface area contributed by atoms with Gasteiger partial charge < -0.3 is 15.2 Å². The van der Waals surface area contributed by atoms with E-state index in [2.05, 4.69) is 31.2 Å². The molecule has 0 bridgehead atoms. The molecule has 0 atom stereocenters. The van der Waals surface area contributed by atoms with Crippen LogP contribution < -0.4 is 31.6 Å². The maximum absolute atomic E-state index is 6.17. The van der Waals surface area contributed by atoms with Crippen molar-refractivity contribution >= 4 is 28.8 Å². The van der Waals surface area contributed by atoms with Crippen LogP contribution in [0.25, 0.3) is 0 Å². The van der Waals surface area contributed by atoms with E-state index in [0.29, 0.717) is 5.69 Å². The summed E-state index contributed by atoms with van der Waals surface area (Å²) < 4.78 is 12.2. The average molecular weight is 299 g/mol. The lowest BCUT2D eigenvalue weighted by atomic mass is 9.35. The number of fused-ring (bicyclic) bond motifs is 4. The molecule has 0 fully saturated rings. The van der Waals surface area contributed by atoms with Gasteiger partial charge in [-0.2, -0.15) is 0 Å². The molecular formula is C19H14BNO2. The Hall–Kier alpha value is -2.88. The number of rotatable bonds is 0. The molecule has 0 aromatic heterocycles. The summed E-state index contributed by atoms with van der Waals surface area (Å²) in [4.78, 5) is 0. The summed E-state index contributed by atoms with van der Waals surface area (Å²) >= 11 is 0. The second kappa shape index (κ2) is 4.32. The molecule has 3 aromatic rings. The van der Waals surface area contributed by atoms with Gasteiger partial charge in [0.05, 0.1) is 5.69 Å². The van der Waals surface area contributed by atoms with Crippen molar-refractivity contribution in [2.75, 3.05) is 5.73 Å². The number of anilines is 1. The van der Waals surface area contributed by atoms with Crippen LogP contribution in [0.4, 0.5) is 5.69 Å². The fraction of sp³-hybridized carbons (Fsp3) is 0.0526. The predicted molar refractivity (Wildman–Crippen MR) is 93.3 cm³/mol. The molecule has 3 aromatic carbocycles. The number of nitrogen functional groups attached to an aromatic ring is 1. The van der Waals surface area contributed by atoms with Crippen LogP contribution in [0, 0.1) is 6.92 Å². The Balaban J connectivity index is 1.87. The van der Waals surface area contributed by atoms with Crippen LogP contribution in [0.15, 0.2) is 54.6 Å². The van der Waals surface area contributed by atoms with Crippen molar-refractivity contribution in [1.29, 1.82) is 0 Å². The summed E-state index contributed by atoms with van der Waals surface area (Å²) in [5, 5.41) is 0. The van der Waals surface area contributed by atoms with Crippen LogP contribution in [-0.2, 0) is 0 Å². The molecule has 5 rings (SSSR count). The average Bonchev–Trinajstić information content (AvgIpc) is 2.57. The van der Waals surface area contributed by atoms with Gasteiger partial charge in [-0.15, -0.1) is 0 Å². The highest BCUT2D eigenvalue weighted by Gasteiger charge is 2.40. The summed E-state index contributed by atoms with van der Waals surface area (Å²) in [5.41, 5.74) is 11.3. The zero-order chi connectivity index (χ0) is 15.6. The van der Waals surface area contributed by atoms with Gasteiger partial charge >= 0.3 is 0 Å². The number of hydrogen-bond acceptors (Lipinski definition) is 3. The molecule has 2 N–H and O–H groups in total. The fourth-order valence-electron chi connectivity index (χ4n) is 3.56. The van der Waals surface area contributed by atoms with Gasteiger partial charge in [0, 0.05) is 5.46 Å². The van der Waals surface area contributed by atoms with E-state index in [-0.39, 0.29) is 6.71 Å². The number of ether oxygens (including phenoxy) is 2. The molecule has 23 heavy (non-hydrogen) atoms. The number of nitrogens with two attached hydrogens (primary N) is 1. The van der Waals surface area contributed by atoms with E-state index in [9.17, 15) is 0 Å². The smallest absolute Gasteiger partial charge is 0.260 e. The Labute approximate surface area is 134 Å². The summed E-state index contributed by atoms with van der Waals surface area (Å²) in [6, 6.07) is 18.3. The minimum absolute atomic E-state index is 0.0952. The van der Waals surface area contributed by atoms with Gasteiger partial charge in [0.15, 0.2) is 0 Å². The van der Waals surface area contributed by atoms with E-state index >= 15 is 0 Å². The number of aryl methyl sites for hydroxylation is 1. The normalized spacial score (nSPS) is 13.3. The standard InChI is InChI=1S/C19H14BNO2/c1-11-6-7-13-17(10-11)22-16-9-8-14(21)19-18(16)20(13)12-4-2-3-5-15(12)23-19/h2-10H,21H2,1H3. The summed E-state index contributed by atoms with van der Waals surface area (Å²) in [6.45, 7) is 2.17. The van der Waals surface area contributed by atoms with Crippen molar-refractivity contribution in [3.8, 4) is 23.0 Å². The van der Waals surface area contributed by atoms with Gasteiger partial charge in [0.2, 0.25) is 0 Å². The molecule has 110 valence electrons. The number of hydrogen-bond donors (Lipinski definition) is 1. The van der Waals surface area contributed by atoms with E-state index in [1.807, 2.05) is 30.3 Å². The fourth-order valence-corrected chi connectivity index (χ4v) is 3.56. The lowest BCUT2D eigenvalue weighted by molar-refractivity contribution is 0.466. The van der Waals surface area contributed by atoms with Gasteiger partial charge in [0.1, 0.15) is 23.0 Å². The molecule has 0 amide bonds. The van der Waals surface area contributed by atoms with Crippen LogP contribution in [0.3, 0.4) is 0 Å². The minimum atomic E-state index is 0.0952. The zero-order valence-electron chi connectivity index (χ0n) is 12.7. The highest BCUT2D eigenvalue weighted by Crippen LogP contribution is 2.37. The van der Waals surface area contributed by atoms with Gasteiger partial charge in [-0.1, -0.05) is 30.3 Å². The molecule has 3 nitrogen and oxygen atoms in total. The minimum Gasteiger partial charge on any atom is -0.458 e. The lowest BCUT2D eigenvalue weighted by Gasteiger charge is -2.33. The third-order valence-electron chi connectivity index (χ3n) is 4.62. The first-order valence-corrected chi connectivity index (χ1v) is 7.70. The molecule has 0 radical (unpaired) electrons. The Kier molecular flexibility index (Phi) is 2.38. The Morgan fingerprint density at radius 1 is 0.826 bits per heavy atom. The SMILES string of the molecule is Cc1ccc2c(c1)Oc1ccc(N)c3c1B2c1ccccc1O3. The lowest BCUT2D eigenvalue weighted by Crippen LogP contribution is -2.57. The van der Waals surface area contributed by atoms with Crippen molar-refractivity contribution < 1.29 is 9.47 Å². The molecule has 4 heteroatoms. The molecule has 2 aliphatic heterocycles. The van der Waals surface area contributed by atoms with Crippen LogP contribution >= 0.6 is 0 Å². The highest BCUT2D eigenvalue weighted by atomic mass is 16.5. The summed E-state index contributed by atoms with van der Waals surface area (Å²) in [7, 11) is 0. The molecule has 2 heterocycles. The number of para-hydroxylation sites is 1. The maximum atomic E-state index is 6.17. The van der Waals surface area contributed by atoms with Crippen molar-refractivity contribution in [3.05, 3.63) is 60.2 Å². The van der Waals surface area contributed by atoms with Crippen molar-refractivity contribution in [3.63, 3.8) is 0 Å². The topological polar surface area (TPSA) is 44.5 Å². The van der Waals surface area contributed by atoms with Crippen molar-refractivity contribution in [2.24, 2.45) is 0 Å². The summed E-state index contributed by atoms with van der Waals surface area (Å²) in [6.07, 6.45) is 0. The van der Waals surface area contributed by atoms with Crippen molar-refractivity contribution in [1.82, 2.24) is 0 Å². The second-order valence-corrected chi connectivity index (χ2v) is 6.11. The Morgan fingerprint density at radius 2 is 1.65 bits per heavy atom. The Morgan fingerprint density at radius 3 is 2.57 bits per heavy atom. The van der Waals surface area contributed by atoms with Gasteiger partial charge in [-0.25, -0.2) is 0 Å². The predicted octanol–water partition coefficient (Wildman–Crippen LogP) is 2.30. The summed E-state index contributed by atoms with van der Waals surface area (Å²) in [5.74, 6) is 3.32. The first-order chi connectivity index (χ1) is 11.2. The molecule has 0 aliphatic carbocycles. The van der Waals surface area contributed by atoms with E-state index < -0.39 is 0 Å². The third kappa shape index (κ3) is 1.66. The first-order valence-electron chi connectivity index (χ1n) is 7.70. The zero-order valence-corrected chi connectivity index (χ0v) is 12.7.